The minimum absolute atomic E-state index is 0.168. The van der Waals surface area contributed by atoms with Gasteiger partial charge in [0.15, 0.2) is 0 Å². The van der Waals surface area contributed by atoms with E-state index in [1.54, 1.807) is 6.20 Å². The highest BCUT2D eigenvalue weighted by atomic mass is 16.4. The summed E-state index contributed by atoms with van der Waals surface area (Å²) in [5, 5.41) is 8.80. The lowest BCUT2D eigenvalue weighted by molar-refractivity contribution is -0.148. The summed E-state index contributed by atoms with van der Waals surface area (Å²) < 4.78 is 0. The number of hydrogen-bond donors (Lipinski definition) is 1. The Morgan fingerprint density at radius 3 is 2.59 bits per heavy atom. The third-order valence-electron chi connectivity index (χ3n) is 2.66. The van der Waals surface area contributed by atoms with E-state index in [-0.39, 0.29) is 12.3 Å². The molecule has 1 N–H and O–H groups in total. The van der Waals surface area contributed by atoms with Crippen LogP contribution in [-0.4, -0.2) is 40.0 Å². The SMILES string of the molecule is Cc1ccc(CC(=O)N(C)C(C)C(=O)O)cn1. The first kappa shape index (κ1) is 13.2. The maximum Gasteiger partial charge on any atom is 0.326 e. The van der Waals surface area contributed by atoms with Crippen LogP contribution in [0.5, 0.6) is 0 Å². The molecule has 5 nitrogen and oxygen atoms in total. The van der Waals surface area contributed by atoms with E-state index < -0.39 is 12.0 Å². The van der Waals surface area contributed by atoms with Gasteiger partial charge in [-0.3, -0.25) is 9.78 Å². The first-order valence-corrected chi connectivity index (χ1v) is 5.32. The molecule has 1 amide bonds. The van der Waals surface area contributed by atoms with Crippen molar-refractivity contribution in [2.45, 2.75) is 26.3 Å². The van der Waals surface area contributed by atoms with E-state index in [1.807, 2.05) is 19.1 Å². The van der Waals surface area contributed by atoms with E-state index in [0.29, 0.717) is 0 Å². The number of carboxylic acids is 1. The summed E-state index contributed by atoms with van der Waals surface area (Å²) in [6.07, 6.45) is 1.80. The fourth-order valence-corrected chi connectivity index (χ4v) is 1.28. The molecule has 92 valence electrons. The zero-order chi connectivity index (χ0) is 13.0. The van der Waals surface area contributed by atoms with Gasteiger partial charge in [-0.25, -0.2) is 4.79 Å². The molecule has 0 bridgehead atoms. The van der Waals surface area contributed by atoms with Crippen molar-refractivity contribution in [3.8, 4) is 0 Å². The number of carboxylic acid groups (broad SMARTS) is 1. The Balaban J connectivity index is 2.66. The summed E-state index contributed by atoms with van der Waals surface area (Å²) in [5.74, 6) is -1.24. The summed E-state index contributed by atoms with van der Waals surface area (Å²) in [4.78, 5) is 27.8. The molecule has 0 spiro atoms. The third kappa shape index (κ3) is 3.55. The second-order valence-electron chi connectivity index (χ2n) is 4.00. The molecular formula is C12H16N2O3. The molecule has 0 aromatic carbocycles. The van der Waals surface area contributed by atoms with Crippen LogP contribution in [0, 0.1) is 6.92 Å². The summed E-state index contributed by atoms with van der Waals surface area (Å²) >= 11 is 0. The second kappa shape index (κ2) is 5.43. The Kier molecular flexibility index (Phi) is 4.20. The number of carbonyl (C=O) groups is 2. The number of aromatic nitrogens is 1. The molecule has 1 atom stereocenters. The lowest BCUT2D eigenvalue weighted by Crippen LogP contribution is -2.41. The molecule has 0 saturated carbocycles. The highest BCUT2D eigenvalue weighted by Crippen LogP contribution is 2.05. The van der Waals surface area contributed by atoms with E-state index in [4.69, 9.17) is 5.11 Å². The number of carbonyl (C=O) groups excluding carboxylic acids is 1. The van der Waals surface area contributed by atoms with Gasteiger partial charge in [-0.1, -0.05) is 6.07 Å². The van der Waals surface area contributed by atoms with Gasteiger partial charge in [0.25, 0.3) is 0 Å². The molecule has 17 heavy (non-hydrogen) atoms. The van der Waals surface area contributed by atoms with Crippen LogP contribution in [0.25, 0.3) is 0 Å². The van der Waals surface area contributed by atoms with Crippen LogP contribution in [0.2, 0.25) is 0 Å². The number of nitrogens with zero attached hydrogens (tertiary/aromatic N) is 2. The molecule has 1 unspecified atom stereocenters. The molecule has 0 aliphatic heterocycles. The van der Waals surface area contributed by atoms with Crippen LogP contribution in [0.1, 0.15) is 18.2 Å². The Morgan fingerprint density at radius 1 is 1.47 bits per heavy atom. The van der Waals surface area contributed by atoms with Gasteiger partial charge in [0.1, 0.15) is 6.04 Å². The second-order valence-corrected chi connectivity index (χ2v) is 4.00. The highest BCUT2D eigenvalue weighted by molar-refractivity contribution is 5.84. The number of likely N-dealkylation sites (N-methyl/N-ethyl adjacent to an activating group) is 1. The molecule has 1 rings (SSSR count). The maximum atomic E-state index is 11.8. The van der Waals surface area contributed by atoms with E-state index in [2.05, 4.69) is 4.98 Å². The van der Waals surface area contributed by atoms with Crippen molar-refractivity contribution >= 4 is 11.9 Å². The largest absolute Gasteiger partial charge is 0.480 e. The van der Waals surface area contributed by atoms with Crippen LogP contribution in [-0.2, 0) is 16.0 Å². The van der Waals surface area contributed by atoms with Crippen molar-refractivity contribution < 1.29 is 14.7 Å². The Bertz CT molecular complexity index is 414. The van der Waals surface area contributed by atoms with Crippen LogP contribution < -0.4 is 0 Å². The molecule has 0 radical (unpaired) electrons. The smallest absolute Gasteiger partial charge is 0.326 e. The van der Waals surface area contributed by atoms with Crippen molar-refractivity contribution in [1.82, 2.24) is 9.88 Å². The van der Waals surface area contributed by atoms with Crippen molar-refractivity contribution in [3.63, 3.8) is 0 Å². The number of hydrogen-bond acceptors (Lipinski definition) is 3. The van der Waals surface area contributed by atoms with Gasteiger partial charge in [0, 0.05) is 18.9 Å². The minimum atomic E-state index is -1.01. The fourth-order valence-electron chi connectivity index (χ4n) is 1.28. The van der Waals surface area contributed by atoms with E-state index in [9.17, 15) is 9.59 Å². The third-order valence-corrected chi connectivity index (χ3v) is 2.66. The monoisotopic (exact) mass is 236 g/mol. The first-order chi connectivity index (χ1) is 7.91. The van der Waals surface area contributed by atoms with E-state index >= 15 is 0 Å². The first-order valence-electron chi connectivity index (χ1n) is 5.32. The lowest BCUT2D eigenvalue weighted by Gasteiger charge is -2.21. The predicted molar refractivity (Wildman–Crippen MR) is 62.5 cm³/mol. The average Bonchev–Trinajstić information content (AvgIpc) is 2.30. The average molecular weight is 236 g/mol. The molecule has 0 saturated heterocycles. The quantitative estimate of drug-likeness (QED) is 0.841. The summed E-state index contributed by atoms with van der Waals surface area (Å²) in [7, 11) is 1.49. The predicted octanol–water partition coefficient (Wildman–Crippen LogP) is 0.864. The van der Waals surface area contributed by atoms with Gasteiger partial charge < -0.3 is 10.0 Å². The van der Waals surface area contributed by atoms with Gasteiger partial charge >= 0.3 is 5.97 Å². The molecular weight excluding hydrogens is 220 g/mol. The number of aliphatic carboxylic acids is 1. The van der Waals surface area contributed by atoms with Crippen LogP contribution in [0.15, 0.2) is 18.3 Å². The number of amides is 1. The normalized spacial score (nSPS) is 11.9. The van der Waals surface area contributed by atoms with Crippen LogP contribution >= 0.6 is 0 Å². The topological polar surface area (TPSA) is 70.5 Å². The van der Waals surface area contributed by atoms with Gasteiger partial charge in [-0.2, -0.15) is 0 Å². The summed E-state index contributed by atoms with van der Waals surface area (Å²) in [5.41, 5.74) is 1.67. The minimum Gasteiger partial charge on any atom is -0.480 e. The highest BCUT2D eigenvalue weighted by Gasteiger charge is 2.21. The zero-order valence-electron chi connectivity index (χ0n) is 10.2. The Hall–Kier alpha value is -1.91. The Labute approximate surface area is 100 Å². The molecule has 0 aliphatic rings. The number of pyridine rings is 1. The number of aryl methyl sites for hydroxylation is 1. The summed E-state index contributed by atoms with van der Waals surface area (Å²) in [6, 6.07) is 2.82. The maximum absolute atomic E-state index is 11.8. The van der Waals surface area contributed by atoms with Crippen molar-refractivity contribution in [3.05, 3.63) is 29.6 Å². The molecule has 1 heterocycles. The molecule has 5 heteroatoms. The Morgan fingerprint density at radius 2 is 2.12 bits per heavy atom. The van der Waals surface area contributed by atoms with E-state index in [1.165, 1.54) is 18.9 Å². The molecule has 0 fully saturated rings. The van der Waals surface area contributed by atoms with Gasteiger partial charge in [-0.05, 0) is 25.5 Å². The molecule has 0 aliphatic carbocycles. The van der Waals surface area contributed by atoms with Crippen LogP contribution in [0.4, 0.5) is 0 Å². The lowest BCUT2D eigenvalue weighted by atomic mass is 10.1. The summed E-state index contributed by atoms with van der Waals surface area (Å²) in [6.45, 7) is 3.35. The standard InChI is InChI=1S/C12H16N2O3/c1-8-4-5-10(7-13-8)6-11(15)14(3)9(2)12(16)17/h4-5,7,9H,6H2,1-3H3,(H,16,17). The zero-order valence-corrected chi connectivity index (χ0v) is 10.2. The molecule has 1 aromatic rings. The van der Waals surface area contributed by atoms with Gasteiger partial charge in [0.2, 0.25) is 5.91 Å². The van der Waals surface area contributed by atoms with Crippen molar-refractivity contribution in [2.75, 3.05) is 7.05 Å². The fraction of sp³-hybridized carbons (Fsp3) is 0.417. The van der Waals surface area contributed by atoms with E-state index in [0.717, 1.165) is 11.3 Å². The van der Waals surface area contributed by atoms with Crippen LogP contribution in [0.3, 0.4) is 0 Å². The van der Waals surface area contributed by atoms with Crippen molar-refractivity contribution in [1.29, 1.82) is 0 Å². The van der Waals surface area contributed by atoms with Gasteiger partial charge in [0.05, 0.1) is 6.42 Å². The van der Waals surface area contributed by atoms with Crippen molar-refractivity contribution in [2.24, 2.45) is 0 Å². The molecule has 1 aromatic heterocycles. The van der Waals surface area contributed by atoms with Gasteiger partial charge in [-0.15, -0.1) is 0 Å². The number of rotatable bonds is 4.